The molecule has 0 saturated heterocycles. The number of halogens is 4. The molecule has 1 nitrogen and oxygen atoms in total. The largest absolute Gasteiger partial charge is 0.573 e. The average molecular weight is 421 g/mol. The van der Waals surface area contributed by atoms with Crippen molar-refractivity contribution < 1.29 is 39.1 Å². The summed E-state index contributed by atoms with van der Waals surface area (Å²) in [4.78, 5) is 0. The van der Waals surface area contributed by atoms with Gasteiger partial charge in [-0.15, -0.1) is 13.2 Å². The molecule has 0 bridgehead atoms. The van der Waals surface area contributed by atoms with Gasteiger partial charge in [-0.05, 0) is 47.4 Å². The topological polar surface area (TPSA) is 9.23 Å². The van der Waals surface area contributed by atoms with Crippen LogP contribution >= 0.6 is 0 Å². The maximum absolute atomic E-state index is 12.1. The minimum absolute atomic E-state index is 0.118. The highest BCUT2D eigenvalue weighted by Crippen LogP contribution is 2.22. The summed E-state index contributed by atoms with van der Waals surface area (Å²) >= 11 is -0.404. The Balaban J connectivity index is 2.05. The fourth-order valence-corrected chi connectivity index (χ4v) is 4.00. The normalized spacial score (nSPS) is 12.3. The Morgan fingerprint density at radius 1 is 0.773 bits per heavy atom. The van der Waals surface area contributed by atoms with E-state index in [9.17, 15) is 13.2 Å². The van der Waals surface area contributed by atoms with Crippen molar-refractivity contribution >= 4 is 0 Å². The molecular formula is C17H17F3IO+. The molecule has 0 fully saturated rings. The summed E-state index contributed by atoms with van der Waals surface area (Å²) in [5, 5.41) is 0. The van der Waals surface area contributed by atoms with Gasteiger partial charge in [-0.2, -0.15) is 0 Å². The zero-order valence-corrected chi connectivity index (χ0v) is 14.7. The van der Waals surface area contributed by atoms with Crippen LogP contribution in [-0.2, 0) is 5.41 Å². The zero-order valence-electron chi connectivity index (χ0n) is 12.5. The van der Waals surface area contributed by atoms with E-state index in [1.54, 1.807) is 12.1 Å². The first-order chi connectivity index (χ1) is 10.1. The molecular weight excluding hydrogens is 404 g/mol. The van der Waals surface area contributed by atoms with E-state index < -0.39 is 27.6 Å². The lowest BCUT2D eigenvalue weighted by Gasteiger charge is -2.18. The predicted molar refractivity (Wildman–Crippen MR) is 75.7 cm³/mol. The van der Waals surface area contributed by atoms with Gasteiger partial charge in [0.2, 0.25) is 0 Å². The van der Waals surface area contributed by atoms with Gasteiger partial charge < -0.3 is 4.74 Å². The first-order valence-electron chi connectivity index (χ1n) is 6.75. The average Bonchev–Trinajstić information content (AvgIpc) is 2.39. The highest BCUT2D eigenvalue weighted by Gasteiger charge is 2.31. The Morgan fingerprint density at radius 3 is 1.64 bits per heavy atom. The molecule has 0 aliphatic rings. The lowest BCUT2D eigenvalue weighted by molar-refractivity contribution is -0.597. The molecule has 0 spiro atoms. The number of hydrogen-bond donors (Lipinski definition) is 0. The van der Waals surface area contributed by atoms with Crippen LogP contribution in [0.3, 0.4) is 0 Å². The number of alkyl halides is 3. The molecule has 0 aliphatic heterocycles. The Hall–Kier alpha value is -1.24. The Morgan fingerprint density at radius 2 is 1.23 bits per heavy atom. The summed E-state index contributed by atoms with van der Waals surface area (Å²) in [5.41, 5.74) is 1.39. The van der Waals surface area contributed by atoms with Crippen LogP contribution in [-0.4, -0.2) is 6.36 Å². The Kier molecular flexibility index (Phi) is 5.04. The third-order valence-corrected chi connectivity index (χ3v) is 5.66. The van der Waals surface area contributed by atoms with E-state index in [1.807, 2.05) is 0 Å². The molecule has 5 heteroatoms. The third kappa shape index (κ3) is 5.19. The molecule has 0 aromatic heterocycles. The zero-order chi connectivity index (χ0) is 16.4. The molecule has 2 aromatic rings. The minimum atomic E-state index is -4.64. The second kappa shape index (κ2) is 6.48. The summed E-state index contributed by atoms with van der Waals surface area (Å²) in [6.45, 7) is 6.49. The van der Waals surface area contributed by atoms with Gasteiger partial charge in [-0.1, -0.05) is 32.9 Å². The quantitative estimate of drug-likeness (QED) is 0.690. The first-order valence-corrected chi connectivity index (χ1v) is 8.90. The van der Waals surface area contributed by atoms with E-state index in [1.165, 1.54) is 21.3 Å². The molecule has 0 N–H and O–H groups in total. The van der Waals surface area contributed by atoms with Gasteiger partial charge >= 0.3 is 27.6 Å². The molecule has 2 aromatic carbocycles. The fraction of sp³-hybridized carbons (Fsp3) is 0.294. The summed E-state index contributed by atoms with van der Waals surface area (Å²) in [7, 11) is 0. The molecule has 0 radical (unpaired) electrons. The van der Waals surface area contributed by atoms with Gasteiger partial charge in [0.1, 0.15) is 5.75 Å². The lowest BCUT2D eigenvalue weighted by Crippen LogP contribution is -3.61. The molecule has 0 aliphatic carbocycles. The second-order valence-corrected chi connectivity index (χ2v) is 8.88. The van der Waals surface area contributed by atoms with Crippen LogP contribution in [0.5, 0.6) is 5.75 Å². The van der Waals surface area contributed by atoms with Crippen molar-refractivity contribution in [2.24, 2.45) is 0 Å². The van der Waals surface area contributed by atoms with E-state index in [2.05, 4.69) is 49.8 Å². The van der Waals surface area contributed by atoms with Crippen molar-refractivity contribution in [1.29, 1.82) is 0 Å². The van der Waals surface area contributed by atoms with Gasteiger partial charge in [0.15, 0.2) is 7.14 Å². The molecule has 0 saturated carbocycles. The number of hydrogen-bond acceptors (Lipinski definition) is 1. The van der Waals surface area contributed by atoms with E-state index in [4.69, 9.17) is 0 Å². The van der Waals surface area contributed by atoms with Crippen LogP contribution in [0.2, 0.25) is 0 Å². The van der Waals surface area contributed by atoms with E-state index in [-0.39, 0.29) is 11.2 Å². The molecule has 22 heavy (non-hydrogen) atoms. The first kappa shape index (κ1) is 17.1. The van der Waals surface area contributed by atoms with Crippen LogP contribution in [0, 0.1) is 7.14 Å². The van der Waals surface area contributed by atoms with E-state index in [0.29, 0.717) is 0 Å². The smallest absolute Gasteiger partial charge is 0.406 e. The van der Waals surface area contributed by atoms with E-state index >= 15 is 0 Å². The van der Waals surface area contributed by atoms with Crippen molar-refractivity contribution in [3.63, 3.8) is 0 Å². The SMILES string of the molecule is CC(C)(C)c1ccc([I+]c2ccc(OC(F)(F)F)cc2)cc1. The van der Waals surface area contributed by atoms with Crippen molar-refractivity contribution in [3.8, 4) is 5.75 Å². The molecule has 0 atom stereocenters. The summed E-state index contributed by atoms with van der Waals surface area (Å²) in [5.74, 6) is -0.177. The van der Waals surface area contributed by atoms with Crippen molar-refractivity contribution in [3.05, 3.63) is 61.2 Å². The second-order valence-electron chi connectivity index (χ2n) is 5.85. The number of rotatable bonds is 3. The minimum Gasteiger partial charge on any atom is -0.406 e. The van der Waals surface area contributed by atoms with Gasteiger partial charge in [-0.3, -0.25) is 0 Å². The predicted octanol–water partition coefficient (Wildman–Crippen LogP) is 2.01. The van der Waals surface area contributed by atoms with Crippen LogP contribution < -0.4 is 25.9 Å². The summed E-state index contributed by atoms with van der Waals surface area (Å²) in [6, 6.07) is 14.6. The van der Waals surface area contributed by atoms with Gasteiger partial charge in [0.05, 0.1) is 0 Å². The highest BCUT2D eigenvalue weighted by molar-refractivity contribution is 5.23. The number of benzene rings is 2. The Bertz CT molecular complexity index is 610. The monoisotopic (exact) mass is 421 g/mol. The molecule has 0 unspecified atom stereocenters. The maximum atomic E-state index is 12.1. The standard InChI is InChI=1S/C17H17F3IO/c1-16(2,3)12-4-6-13(7-5-12)21-14-8-10-15(11-9-14)22-17(18,19)20/h4-11H,1-3H3/q+1. The number of ether oxygens (including phenoxy) is 1. The molecule has 0 heterocycles. The van der Waals surface area contributed by atoms with Crippen LogP contribution in [0.1, 0.15) is 26.3 Å². The highest BCUT2D eigenvalue weighted by atomic mass is 127. The van der Waals surface area contributed by atoms with Gasteiger partial charge in [0.25, 0.3) is 0 Å². The Labute approximate surface area is 138 Å². The van der Waals surface area contributed by atoms with Crippen LogP contribution in [0.15, 0.2) is 48.5 Å². The van der Waals surface area contributed by atoms with Crippen molar-refractivity contribution in [2.75, 3.05) is 0 Å². The maximum Gasteiger partial charge on any atom is 0.573 e. The van der Waals surface area contributed by atoms with E-state index in [0.717, 1.165) is 3.57 Å². The summed E-state index contributed by atoms with van der Waals surface area (Å²) in [6.07, 6.45) is -4.64. The third-order valence-electron chi connectivity index (χ3n) is 2.98. The van der Waals surface area contributed by atoms with Gasteiger partial charge in [-0.25, -0.2) is 0 Å². The van der Waals surface area contributed by atoms with Crippen molar-refractivity contribution in [1.82, 2.24) is 0 Å². The van der Waals surface area contributed by atoms with Gasteiger partial charge in [0, 0.05) is 0 Å². The van der Waals surface area contributed by atoms with Crippen LogP contribution in [0.4, 0.5) is 13.2 Å². The molecule has 118 valence electrons. The molecule has 0 amide bonds. The fourth-order valence-electron chi connectivity index (χ4n) is 1.84. The molecule has 2 rings (SSSR count). The van der Waals surface area contributed by atoms with Crippen molar-refractivity contribution in [2.45, 2.75) is 32.5 Å². The lowest BCUT2D eigenvalue weighted by atomic mass is 9.87. The van der Waals surface area contributed by atoms with Crippen LogP contribution in [0.25, 0.3) is 0 Å². The summed E-state index contributed by atoms with van der Waals surface area (Å²) < 4.78 is 42.5.